The molecule has 0 bridgehead atoms. The first-order chi connectivity index (χ1) is 11.7. The van der Waals surface area contributed by atoms with Gasteiger partial charge < -0.3 is 20.1 Å². The summed E-state index contributed by atoms with van der Waals surface area (Å²) < 4.78 is 10.4. The number of hydrogen-bond acceptors (Lipinski definition) is 7. The molecule has 0 radical (unpaired) electrons. The van der Waals surface area contributed by atoms with E-state index >= 15 is 0 Å². The minimum Gasteiger partial charge on any atom is -0.383 e. The average Bonchev–Trinajstić information content (AvgIpc) is 2.57. The van der Waals surface area contributed by atoms with Crippen LogP contribution in [0.3, 0.4) is 0 Å². The zero-order chi connectivity index (χ0) is 16.9. The van der Waals surface area contributed by atoms with E-state index in [-0.39, 0.29) is 24.8 Å². The summed E-state index contributed by atoms with van der Waals surface area (Å²) in [4.78, 5) is 14.2. The van der Waals surface area contributed by atoms with Crippen LogP contribution in [0.25, 0.3) is 0 Å². The Morgan fingerprint density at radius 3 is 2.35 bits per heavy atom. The Balaban J connectivity index is 0.00000169. The summed E-state index contributed by atoms with van der Waals surface area (Å²) >= 11 is 0. The lowest BCUT2D eigenvalue weighted by atomic mass is 9.78. The molecule has 150 valence electrons. The predicted octanol–water partition coefficient (Wildman–Crippen LogP) is 1.44. The van der Waals surface area contributed by atoms with Crippen molar-refractivity contribution in [3.05, 3.63) is 17.6 Å². The summed E-state index contributed by atoms with van der Waals surface area (Å²) in [5.74, 6) is 2.27. The van der Waals surface area contributed by atoms with Gasteiger partial charge in [-0.15, -0.1) is 24.8 Å². The SMILES string of the molecule is COCCN1CCN(c2cc(C3CC(N)C3)nc(COC)n2)CC1.Cl.Cl. The number of methoxy groups -OCH3 is 2. The molecule has 2 fully saturated rings. The molecule has 3 rings (SSSR count). The Labute approximate surface area is 168 Å². The molecule has 0 spiro atoms. The fraction of sp³-hybridized carbons (Fsp3) is 0.765. The monoisotopic (exact) mass is 407 g/mol. The van der Waals surface area contributed by atoms with Crippen molar-refractivity contribution in [2.45, 2.75) is 31.4 Å². The first-order valence-corrected chi connectivity index (χ1v) is 8.78. The van der Waals surface area contributed by atoms with E-state index in [1.165, 1.54) is 0 Å². The largest absolute Gasteiger partial charge is 0.383 e. The molecule has 0 aromatic carbocycles. The van der Waals surface area contributed by atoms with Gasteiger partial charge in [-0.3, -0.25) is 4.90 Å². The first kappa shape index (κ1) is 23.3. The lowest BCUT2D eigenvalue weighted by molar-refractivity contribution is 0.144. The minimum atomic E-state index is 0. The van der Waals surface area contributed by atoms with Crippen LogP contribution >= 0.6 is 24.8 Å². The molecule has 2 N–H and O–H groups in total. The highest BCUT2D eigenvalue weighted by molar-refractivity contribution is 5.85. The van der Waals surface area contributed by atoms with Crippen LogP contribution in [0, 0.1) is 0 Å². The zero-order valence-electron chi connectivity index (χ0n) is 15.6. The molecule has 1 saturated carbocycles. The molecule has 2 heterocycles. The van der Waals surface area contributed by atoms with Crippen molar-refractivity contribution >= 4 is 30.6 Å². The van der Waals surface area contributed by atoms with Crippen molar-refractivity contribution in [2.24, 2.45) is 5.73 Å². The normalized spacial score (nSPS) is 23.0. The second-order valence-electron chi connectivity index (χ2n) is 6.75. The molecule has 1 aliphatic carbocycles. The zero-order valence-corrected chi connectivity index (χ0v) is 17.2. The number of ether oxygens (including phenoxy) is 2. The van der Waals surface area contributed by atoms with Crippen LogP contribution in [0.4, 0.5) is 5.82 Å². The van der Waals surface area contributed by atoms with Crippen LogP contribution in [-0.2, 0) is 16.1 Å². The fourth-order valence-corrected chi connectivity index (χ4v) is 3.39. The third kappa shape index (κ3) is 5.90. The molecule has 26 heavy (non-hydrogen) atoms. The number of nitrogens with two attached hydrogens (primary N) is 1. The van der Waals surface area contributed by atoms with Gasteiger partial charge >= 0.3 is 0 Å². The maximum Gasteiger partial charge on any atom is 0.156 e. The molecule has 0 amide bonds. The van der Waals surface area contributed by atoms with Crippen LogP contribution in [0.15, 0.2) is 6.07 Å². The Morgan fingerprint density at radius 2 is 1.77 bits per heavy atom. The van der Waals surface area contributed by atoms with Crippen molar-refractivity contribution in [2.75, 3.05) is 58.5 Å². The average molecular weight is 408 g/mol. The summed E-state index contributed by atoms with van der Waals surface area (Å²) in [5.41, 5.74) is 7.07. The number of nitrogens with zero attached hydrogens (tertiary/aromatic N) is 4. The van der Waals surface area contributed by atoms with Gasteiger partial charge in [0.05, 0.1) is 6.61 Å². The molecule has 0 atom stereocenters. The number of piperazine rings is 1. The minimum absolute atomic E-state index is 0. The number of anilines is 1. The standard InChI is InChI=1S/C17H29N5O2.2ClH/c1-23-8-7-21-3-5-22(6-4-21)17-11-15(13-9-14(18)10-13)19-16(20-17)12-24-2;;/h11,13-14H,3-10,12,18H2,1-2H3;2*1H. The lowest BCUT2D eigenvalue weighted by Crippen LogP contribution is -2.47. The van der Waals surface area contributed by atoms with Crippen LogP contribution < -0.4 is 10.6 Å². The van der Waals surface area contributed by atoms with Gasteiger partial charge in [-0.05, 0) is 12.8 Å². The summed E-state index contributed by atoms with van der Waals surface area (Å²) in [6.45, 7) is 6.28. The smallest absolute Gasteiger partial charge is 0.156 e. The lowest BCUT2D eigenvalue weighted by Gasteiger charge is -2.36. The molecular formula is C17H31Cl2N5O2. The van der Waals surface area contributed by atoms with Gasteiger partial charge in [0.15, 0.2) is 5.82 Å². The highest BCUT2D eigenvalue weighted by atomic mass is 35.5. The van der Waals surface area contributed by atoms with Gasteiger partial charge in [0, 0.05) is 70.7 Å². The third-order valence-electron chi connectivity index (χ3n) is 4.95. The van der Waals surface area contributed by atoms with Gasteiger partial charge in [-0.2, -0.15) is 0 Å². The molecule has 2 aliphatic rings. The third-order valence-corrected chi connectivity index (χ3v) is 4.95. The van der Waals surface area contributed by atoms with Crippen molar-refractivity contribution in [1.82, 2.24) is 14.9 Å². The molecule has 1 aliphatic heterocycles. The van der Waals surface area contributed by atoms with Gasteiger partial charge in [-0.25, -0.2) is 9.97 Å². The summed E-state index contributed by atoms with van der Waals surface area (Å²) in [6.07, 6.45) is 2.04. The molecule has 9 heteroatoms. The molecule has 7 nitrogen and oxygen atoms in total. The number of hydrogen-bond donors (Lipinski definition) is 1. The van der Waals surface area contributed by atoms with E-state index in [0.29, 0.717) is 18.6 Å². The van der Waals surface area contributed by atoms with Crippen LogP contribution in [-0.4, -0.2) is 74.5 Å². The molecular weight excluding hydrogens is 377 g/mol. The number of halogens is 2. The Kier molecular flexibility index (Phi) is 10.1. The van der Waals surface area contributed by atoms with Crippen molar-refractivity contribution in [3.8, 4) is 0 Å². The predicted molar refractivity (Wildman–Crippen MR) is 108 cm³/mol. The summed E-state index contributed by atoms with van der Waals surface area (Å²) in [5, 5.41) is 0. The Morgan fingerprint density at radius 1 is 1.08 bits per heavy atom. The van der Waals surface area contributed by atoms with Gasteiger partial charge in [0.25, 0.3) is 0 Å². The molecule has 1 aromatic rings. The van der Waals surface area contributed by atoms with Crippen molar-refractivity contribution in [1.29, 1.82) is 0 Å². The molecule has 0 unspecified atom stereocenters. The maximum absolute atomic E-state index is 5.94. The van der Waals surface area contributed by atoms with Crippen LogP contribution in [0.1, 0.15) is 30.3 Å². The van der Waals surface area contributed by atoms with Crippen LogP contribution in [0.2, 0.25) is 0 Å². The van der Waals surface area contributed by atoms with E-state index in [1.54, 1.807) is 14.2 Å². The highest BCUT2D eigenvalue weighted by Crippen LogP contribution is 2.35. The summed E-state index contributed by atoms with van der Waals surface area (Å²) in [7, 11) is 3.44. The fourth-order valence-electron chi connectivity index (χ4n) is 3.39. The van der Waals surface area contributed by atoms with E-state index in [4.69, 9.17) is 20.2 Å². The van der Waals surface area contributed by atoms with E-state index in [1.807, 2.05) is 0 Å². The topological polar surface area (TPSA) is 76.7 Å². The first-order valence-electron chi connectivity index (χ1n) is 8.78. The Bertz CT molecular complexity index is 538. The van der Waals surface area contributed by atoms with E-state index in [0.717, 1.165) is 69.5 Å². The number of aromatic nitrogens is 2. The van der Waals surface area contributed by atoms with Gasteiger partial charge in [0.1, 0.15) is 12.4 Å². The second kappa shape index (κ2) is 11.2. The van der Waals surface area contributed by atoms with Crippen molar-refractivity contribution in [3.63, 3.8) is 0 Å². The van der Waals surface area contributed by atoms with Gasteiger partial charge in [0.2, 0.25) is 0 Å². The molecule has 1 saturated heterocycles. The van der Waals surface area contributed by atoms with Crippen molar-refractivity contribution < 1.29 is 9.47 Å². The second-order valence-corrected chi connectivity index (χ2v) is 6.75. The van der Waals surface area contributed by atoms with E-state index < -0.39 is 0 Å². The summed E-state index contributed by atoms with van der Waals surface area (Å²) in [6, 6.07) is 2.48. The van der Waals surface area contributed by atoms with E-state index in [9.17, 15) is 0 Å². The van der Waals surface area contributed by atoms with Gasteiger partial charge in [-0.1, -0.05) is 0 Å². The van der Waals surface area contributed by atoms with Crippen LogP contribution in [0.5, 0.6) is 0 Å². The highest BCUT2D eigenvalue weighted by Gasteiger charge is 2.30. The van der Waals surface area contributed by atoms with E-state index in [2.05, 4.69) is 20.9 Å². The molecule has 1 aromatic heterocycles. The quantitative estimate of drug-likeness (QED) is 0.732. The maximum atomic E-state index is 5.94. The number of rotatable bonds is 7. The Hall–Kier alpha value is -0.700.